The molecule has 0 aromatic heterocycles. The molecule has 2 aliphatic heterocycles. The minimum absolute atomic E-state index is 0.143. The summed E-state index contributed by atoms with van der Waals surface area (Å²) in [6.45, 7) is 1.35. The summed E-state index contributed by atoms with van der Waals surface area (Å²) in [4.78, 5) is 13.3. The lowest BCUT2D eigenvalue weighted by molar-refractivity contribution is -0.143. The van der Waals surface area contributed by atoms with Gasteiger partial charge in [-0.1, -0.05) is 6.42 Å². The van der Waals surface area contributed by atoms with Crippen molar-refractivity contribution in [3.05, 3.63) is 0 Å². The first-order chi connectivity index (χ1) is 8.52. The van der Waals surface area contributed by atoms with Crippen LogP contribution in [0.15, 0.2) is 0 Å². The Kier molecular flexibility index (Phi) is 4.55. The fourth-order valence-corrected chi connectivity index (χ4v) is 5.79. The third-order valence-corrected chi connectivity index (χ3v) is 6.89. The van der Waals surface area contributed by atoms with Crippen molar-refractivity contribution in [2.45, 2.75) is 30.6 Å². The van der Waals surface area contributed by atoms with Crippen molar-refractivity contribution in [1.82, 2.24) is 4.90 Å². The summed E-state index contributed by atoms with van der Waals surface area (Å²) < 4.78 is 24.2. The molecule has 2 atom stereocenters. The second-order valence-electron chi connectivity index (χ2n) is 4.83. The number of carboxylic acid groups (broad SMARTS) is 1. The van der Waals surface area contributed by atoms with E-state index in [9.17, 15) is 18.3 Å². The standard InChI is InChI=1S/C11H19NO4S2/c13-11(14)10(12-4-6-17-7-5-12)9-3-1-2-8-18(9,15)16/h9-10H,1-8H2,(H,13,14). The molecule has 0 aromatic carbocycles. The monoisotopic (exact) mass is 293 g/mol. The van der Waals surface area contributed by atoms with E-state index >= 15 is 0 Å². The number of sulfone groups is 1. The Morgan fingerprint density at radius 1 is 1.28 bits per heavy atom. The minimum atomic E-state index is -3.25. The molecule has 1 N–H and O–H groups in total. The third-order valence-electron chi connectivity index (χ3n) is 3.67. The maximum Gasteiger partial charge on any atom is 0.322 e. The van der Waals surface area contributed by atoms with Crippen molar-refractivity contribution in [1.29, 1.82) is 0 Å². The molecule has 0 amide bonds. The van der Waals surface area contributed by atoms with Gasteiger partial charge in [-0.05, 0) is 12.8 Å². The van der Waals surface area contributed by atoms with Gasteiger partial charge in [-0.2, -0.15) is 11.8 Å². The van der Waals surface area contributed by atoms with Crippen LogP contribution in [0.2, 0.25) is 0 Å². The van der Waals surface area contributed by atoms with E-state index in [-0.39, 0.29) is 5.75 Å². The van der Waals surface area contributed by atoms with E-state index in [1.807, 2.05) is 4.90 Å². The normalized spacial score (nSPS) is 30.8. The van der Waals surface area contributed by atoms with Crippen molar-refractivity contribution in [3.8, 4) is 0 Å². The van der Waals surface area contributed by atoms with Gasteiger partial charge in [-0.25, -0.2) is 8.42 Å². The van der Waals surface area contributed by atoms with Gasteiger partial charge in [0.15, 0.2) is 9.84 Å². The van der Waals surface area contributed by atoms with Crippen LogP contribution in [0.1, 0.15) is 19.3 Å². The number of rotatable bonds is 3. The number of aliphatic carboxylic acids is 1. The lowest BCUT2D eigenvalue weighted by Crippen LogP contribution is -2.55. The van der Waals surface area contributed by atoms with Crippen LogP contribution in [0.3, 0.4) is 0 Å². The molecule has 18 heavy (non-hydrogen) atoms. The van der Waals surface area contributed by atoms with Crippen LogP contribution in [-0.2, 0) is 14.6 Å². The Morgan fingerprint density at radius 2 is 1.94 bits per heavy atom. The maximum atomic E-state index is 12.1. The van der Waals surface area contributed by atoms with Crippen LogP contribution in [0.4, 0.5) is 0 Å². The average Bonchev–Trinajstić information content (AvgIpc) is 2.32. The van der Waals surface area contributed by atoms with Crippen molar-refractivity contribution >= 4 is 27.6 Å². The number of carbonyl (C=O) groups is 1. The highest BCUT2D eigenvalue weighted by atomic mass is 32.2. The number of nitrogens with zero attached hydrogens (tertiary/aromatic N) is 1. The molecule has 0 aliphatic carbocycles. The summed E-state index contributed by atoms with van der Waals surface area (Å²) in [5.74, 6) is 0.925. The molecule has 0 aromatic rings. The Balaban J connectivity index is 2.20. The topological polar surface area (TPSA) is 74.7 Å². The largest absolute Gasteiger partial charge is 0.480 e. The minimum Gasteiger partial charge on any atom is -0.480 e. The Hall–Kier alpha value is -0.270. The van der Waals surface area contributed by atoms with E-state index in [0.717, 1.165) is 17.9 Å². The lowest BCUT2D eigenvalue weighted by Gasteiger charge is -2.37. The molecule has 2 unspecified atom stereocenters. The highest BCUT2D eigenvalue weighted by Gasteiger charge is 2.42. The smallest absolute Gasteiger partial charge is 0.322 e. The number of hydrogen-bond donors (Lipinski definition) is 1. The van der Waals surface area contributed by atoms with E-state index in [1.54, 1.807) is 11.8 Å². The van der Waals surface area contributed by atoms with Crippen LogP contribution in [0, 0.1) is 0 Å². The molecule has 0 bridgehead atoms. The molecule has 2 rings (SSSR count). The third kappa shape index (κ3) is 3.00. The highest BCUT2D eigenvalue weighted by molar-refractivity contribution is 7.99. The van der Waals surface area contributed by atoms with E-state index in [1.165, 1.54) is 0 Å². The zero-order valence-corrected chi connectivity index (χ0v) is 11.9. The summed E-state index contributed by atoms with van der Waals surface area (Å²) >= 11 is 1.79. The molecule has 2 fully saturated rings. The molecule has 2 saturated heterocycles. The maximum absolute atomic E-state index is 12.1. The highest BCUT2D eigenvalue weighted by Crippen LogP contribution is 2.26. The molecule has 0 radical (unpaired) electrons. The second kappa shape index (κ2) is 5.79. The predicted octanol–water partition coefficient (Wildman–Crippen LogP) is 0.456. The zero-order chi connectivity index (χ0) is 13.2. The van der Waals surface area contributed by atoms with Gasteiger partial charge in [0.25, 0.3) is 0 Å². The Bertz CT molecular complexity index is 403. The van der Waals surface area contributed by atoms with Gasteiger partial charge in [-0.15, -0.1) is 0 Å². The summed E-state index contributed by atoms with van der Waals surface area (Å²) in [5, 5.41) is 8.68. The Morgan fingerprint density at radius 3 is 2.50 bits per heavy atom. The first kappa shape index (κ1) is 14.1. The molecular formula is C11H19NO4S2. The SMILES string of the molecule is O=C(O)C(C1CCCCS1(=O)=O)N1CCSCC1. The van der Waals surface area contributed by atoms with Gasteiger partial charge in [-0.3, -0.25) is 9.69 Å². The second-order valence-corrected chi connectivity index (χ2v) is 8.40. The van der Waals surface area contributed by atoms with E-state index in [2.05, 4.69) is 0 Å². The molecule has 2 heterocycles. The first-order valence-corrected chi connectivity index (χ1v) is 9.15. The molecule has 0 saturated carbocycles. The van der Waals surface area contributed by atoms with Crippen LogP contribution in [0.25, 0.3) is 0 Å². The van der Waals surface area contributed by atoms with Gasteiger partial charge < -0.3 is 5.11 Å². The molecule has 104 valence electrons. The first-order valence-electron chi connectivity index (χ1n) is 6.28. The quantitative estimate of drug-likeness (QED) is 0.814. The summed E-state index contributed by atoms with van der Waals surface area (Å²) in [6.07, 6.45) is 1.97. The fraction of sp³-hybridized carbons (Fsp3) is 0.909. The van der Waals surface area contributed by atoms with E-state index in [0.29, 0.717) is 25.9 Å². The molecule has 2 aliphatic rings. The van der Waals surface area contributed by atoms with Crippen LogP contribution >= 0.6 is 11.8 Å². The fourth-order valence-electron chi connectivity index (χ4n) is 2.74. The van der Waals surface area contributed by atoms with Crippen molar-refractivity contribution in [3.63, 3.8) is 0 Å². The predicted molar refractivity (Wildman–Crippen MR) is 71.7 cm³/mol. The molecular weight excluding hydrogens is 274 g/mol. The van der Waals surface area contributed by atoms with Gasteiger partial charge in [0.05, 0.1) is 11.0 Å². The summed E-state index contributed by atoms with van der Waals surface area (Å²) in [5.41, 5.74) is 0. The van der Waals surface area contributed by atoms with E-state index < -0.39 is 27.1 Å². The van der Waals surface area contributed by atoms with Crippen LogP contribution in [0.5, 0.6) is 0 Å². The van der Waals surface area contributed by atoms with Gasteiger partial charge in [0.2, 0.25) is 0 Å². The van der Waals surface area contributed by atoms with Gasteiger partial charge in [0.1, 0.15) is 6.04 Å². The van der Waals surface area contributed by atoms with Crippen molar-refractivity contribution in [2.75, 3.05) is 30.3 Å². The van der Waals surface area contributed by atoms with Crippen LogP contribution in [-0.4, -0.2) is 66.0 Å². The molecule has 0 spiro atoms. The number of carboxylic acids is 1. The summed E-state index contributed by atoms with van der Waals surface area (Å²) in [6, 6.07) is -0.851. The van der Waals surface area contributed by atoms with E-state index in [4.69, 9.17) is 0 Å². The average molecular weight is 293 g/mol. The van der Waals surface area contributed by atoms with Crippen molar-refractivity contribution in [2.24, 2.45) is 0 Å². The van der Waals surface area contributed by atoms with Crippen molar-refractivity contribution < 1.29 is 18.3 Å². The summed E-state index contributed by atoms with van der Waals surface area (Å²) in [7, 11) is -3.25. The van der Waals surface area contributed by atoms with Crippen LogP contribution < -0.4 is 0 Å². The zero-order valence-electron chi connectivity index (χ0n) is 10.2. The lowest BCUT2D eigenvalue weighted by atomic mass is 10.1. The molecule has 5 nitrogen and oxygen atoms in total. The van der Waals surface area contributed by atoms with Gasteiger partial charge >= 0.3 is 5.97 Å². The number of hydrogen-bond acceptors (Lipinski definition) is 5. The van der Waals surface area contributed by atoms with Gasteiger partial charge in [0, 0.05) is 24.6 Å². The number of thioether (sulfide) groups is 1. The Labute approximate surface area is 112 Å². The molecule has 7 heteroatoms.